The van der Waals surface area contributed by atoms with Crippen LogP contribution in [-0.4, -0.2) is 25.2 Å². The second-order valence-electron chi connectivity index (χ2n) is 4.67. The van der Waals surface area contributed by atoms with E-state index < -0.39 is 0 Å². The summed E-state index contributed by atoms with van der Waals surface area (Å²) in [7, 11) is 0. The van der Waals surface area contributed by atoms with Crippen molar-refractivity contribution in [3.63, 3.8) is 0 Å². The molecule has 8 N–H and O–H groups in total. The molecule has 0 aromatic rings. The first-order valence-electron chi connectivity index (χ1n) is 6.62. The second-order valence-corrected chi connectivity index (χ2v) is 4.67. The minimum atomic E-state index is 0.323. The van der Waals surface area contributed by atoms with Crippen molar-refractivity contribution in [2.75, 3.05) is 13.1 Å². The van der Waals surface area contributed by atoms with Crippen LogP contribution in [0, 0.1) is 0 Å². The maximum absolute atomic E-state index is 5.95. The first kappa shape index (κ1) is 15.8. The normalized spacial score (nSPS) is 15.0. The highest BCUT2D eigenvalue weighted by molar-refractivity contribution is 4.65. The van der Waals surface area contributed by atoms with E-state index in [-0.39, 0.29) is 0 Å². The third-order valence-corrected chi connectivity index (χ3v) is 2.96. The third-order valence-electron chi connectivity index (χ3n) is 2.96. The van der Waals surface area contributed by atoms with Gasteiger partial charge in [-0.2, -0.15) is 0 Å². The molecule has 0 spiro atoms. The first-order valence-corrected chi connectivity index (χ1v) is 6.62. The Kier molecular flexibility index (Phi) is 11.2. The average Bonchev–Trinajstić information content (AvgIpc) is 2.29. The zero-order chi connectivity index (χ0) is 12.2. The zero-order valence-electron chi connectivity index (χ0n) is 10.5. The molecular weight excluding hydrogens is 200 g/mol. The lowest BCUT2D eigenvalue weighted by molar-refractivity contribution is 0.476. The lowest BCUT2D eigenvalue weighted by Gasteiger charge is -2.13. The summed E-state index contributed by atoms with van der Waals surface area (Å²) in [6.45, 7) is 1.50. The van der Waals surface area contributed by atoms with Gasteiger partial charge >= 0.3 is 0 Å². The van der Waals surface area contributed by atoms with E-state index >= 15 is 0 Å². The van der Waals surface area contributed by atoms with Crippen LogP contribution in [0.15, 0.2) is 0 Å². The molecule has 4 nitrogen and oxygen atoms in total. The quantitative estimate of drug-likeness (QED) is 0.392. The van der Waals surface area contributed by atoms with Crippen molar-refractivity contribution >= 4 is 0 Å². The minimum Gasteiger partial charge on any atom is -0.330 e. The lowest BCUT2D eigenvalue weighted by Crippen LogP contribution is -2.22. The zero-order valence-corrected chi connectivity index (χ0v) is 10.5. The molecule has 0 aromatic heterocycles. The fourth-order valence-corrected chi connectivity index (χ4v) is 1.86. The summed E-state index contributed by atoms with van der Waals surface area (Å²) in [5.74, 6) is 0. The Morgan fingerprint density at radius 3 is 1.19 bits per heavy atom. The Balaban J connectivity index is 3.24. The molecule has 4 heteroatoms. The molecule has 0 rings (SSSR count). The van der Waals surface area contributed by atoms with Crippen molar-refractivity contribution in [2.45, 2.75) is 63.5 Å². The van der Waals surface area contributed by atoms with Crippen molar-refractivity contribution in [2.24, 2.45) is 22.9 Å². The lowest BCUT2D eigenvalue weighted by atomic mass is 10.0. The van der Waals surface area contributed by atoms with Crippen molar-refractivity contribution in [1.29, 1.82) is 0 Å². The Hall–Kier alpha value is -0.160. The highest BCUT2D eigenvalue weighted by Gasteiger charge is 2.04. The van der Waals surface area contributed by atoms with Gasteiger partial charge in [0.05, 0.1) is 0 Å². The van der Waals surface area contributed by atoms with Crippen LogP contribution < -0.4 is 22.9 Å². The van der Waals surface area contributed by atoms with Crippen molar-refractivity contribution in [3.05, 3.63) is 0 Å². The highest BCUT2D eigenvalue weighted by atomic mass is 14.6. The predicted molar refractivity (Wildman–Crippen MR) is 71.0 cm³/mol. The molecule has 0 aromatic carbocycles. The first-order chi connectivity index (χ1) is 7.70. The van der Waals surface area contributed by atoms with Crippen LogP contribution in [0.3, 0.4) is 0 Å². The second kappa shape index (κ2) is 11.3. The summed E-state index contributed by atoms with van der Waals surface area (Å²) in [5, 5.41) is 0. The van der Waals surface area contributed by atoms with Gasteiger partial charge in [-0.1, -0.05) is 12.8 Å². The van der Waals surface area contributed by atoms with Gasteiger partial charge in [0.1, 0.15) is 0 Å². The van der Waals surface area contributed by atoms with Crippen LogP contribution in [0.25, 0.3) is 0 Å². The standard InChI is InChI=1S/C12H30N4/c13-9-3-7-11(15)5-1-2-6-12(16)8-4-10-14/h11-12H,1-10,13-16H2. The number of nitrogens with two attached hydrogens (primary N) is 4. The summed E-state index contributed by atoms with van der Waals surface area (Å²) >= 11 is 0. The smallest absolute Gasteiger partial charge is 0.00392 e. The minimum absolute atomic E-state index is 0.323. The van der Waals surface area contributed by atoms with E-state index in [0.717, 1.165) is 51.6 Å². The van der Waals surface area contributed by atoms with Gasteiger partial charge in [-0.3, -0.25) is 0 Å². The van der Waals surface area contributed by atoms with Crippen LogP contribution in [0.1, 0.15) is 51.4 Å². The van der Waals surface area contributed by atoms with E-state index in [1.807, 2.05) is 0 Å². The molecule has 0 fully saturated rings. The molecule has 0 heterocycles. The third kappa shape index (κ3) is 10.4. The fraction of sp³-hybridized carbons (Fsp3) is 1.00. The van der Waals surface area contributed by atoms with E-state index in [2.05, 4.69) is 0 Å². The van der Waals surface area contributed by atoms with Crippen molar-refractivity contribution in [3.8, 4) is 0 Å². The number of rotatable bonds is 11. The van der Waals surface area contributed by atoms with Crippen LogP contribution in [-0.2, 0) is 0 Å². The van der Waals surface area contributed by atoms with Crippen LogP contribution >= 0.6 is 0 Å². The van der Waals surface area contributed by atoms with Crippen molar-refractivity contribution in [1.82, 2.24) is 0 Å². The average molecular weight is 230 g/mol. The molecule has 16 heavy (non-hydrogen) atoms. The van der Waals surface area contributed by atoms with Gasteiger partial charge in [0.2, 0.25) is 0 Å². The van der Waals surface area contributed by atoms with E-state index in [4.69, 9.17) is 22.9 Å². The SMILES string of the molecule is NCCCC(N)CCCCC(N)CCCN. The Bertz CT molecular complexity index is 125. The van der Waals surface area contributed by atoms with Crippen molar-refractivity contribution < 1.29 is 0 Å². The Labute approximate surface area is 100 Å². The highest BCUT2D eigenvalue weighted by Crippen LogP contribution is 2.09. The van der Waals surface area contributed by atoms with Gasteiger partial charge < -0.3 is 22.9 Å². The van der Waals surface area contributed by atoms with E-state index in [1.54, 1.807) is 0 Å². The van der Waals surface area contributed by atoms with Gasteiger partial charge in [-0.25, -0.2) is 0 Å². The summed E-state index contributed by atoms with van der Waals surface area (Å²) in [6, 6.07) is 0.646. The predicted octanol–water partition coefficient (Wildman–Crippen LogP) is 0.679. The number of hydrogen-bond acceptors (Lipinski definition) is 4. The number of hydrogen-bond donors (Lipinski definition) is 4. The molecule has 0 aliphatic heterocycles. The molecule has 2 atom stereocenters. The molecule has 0 saturated heterocycles. The van der Waals surface area contributed by atoms with Gasteiger partial charge in [0.15, 0.2) is 0 Å². The van der Waals surface area contributed by atoms with Gasteiger partial charge in [-0.05, 0) is 51.6 Å². The van der Waals surface area contributed by atoms with E-state index in [0.29, 0.717) is 12.1 Å². The fourth-order valence-electron chi connectivity index (χ4n) is 1.86. The molecule has 0 bridgehead atoms. The van der Waals surface area contributed by atoms with Crippen LogP contribution in [0.5, 0.6) is 0 Å². The van der Waals surface area contributed by atoms with E-state index in [9.17, 15) is 0 Å². The van der Waals surface area contributed by atoms with E-state index in [1.165, 1.54) is 12.8 Å². The summed E-state index contributed by atoms with van der Waals surface area (Å²) in [5.41, 5.74) is 22.8. The largest absolute Gasteiger partial charge is 0.330 e. The monoisotopic (exact) mass is 230 g/mol. The molecule has 0 aliphatic carbocycles. The maximum Gasteiger partial charge on any atom is 0.00392 e. The van der Waals surface area contributed by atoms with Crippen LogP contribution in [0.2, 0.25) is 0 Å². The van der Waals surface area contributed by atoms with Crippen LogP contribution in [0.4, 0.5) is 0 Å². The molecule has 0 amide bonds. The molecule has 98 valence electrons. The molecule has 0 radical (unpaired) electrons. The van der Waals surface area contributed by atoms with Gasteiger partial charge in [-0.15, -0.1) is 0 Å². The number of unbranched alkanes of at least 4 members (excludes halogenated alkanes) is 1. The van der Waals surface area contributed by atoms with Gasteiger partial charge in [0, 0.05) is 12.1 Å². The topological polar surface area (TPSA) is 104 Å². The Morgan fingerprint density at radius 1 is 0.562 bits per heavy atom. The summed E-state index contributed by atoms with van der Waals surface area (Å²) < 4.78 is 0. The van der Waals surface area contributed by atoms with Gasteiger partial charge in [0.25, 0.3) is 0 Å². The Morgan fingerprint density at radius 2 is 0.875 bits per heavy atom. The molecule has 2 unspecified atom stereocenters. The maximum atomic E-state index is 5.95. The summed E-state index contributed by atoms with van der Waals surface area (Å²) in [6.07, 6.45) is 8.75. The molecular formula is C12H30N4. The molecule has 0 aliphatic rings. The molecule has 0 saturated carbocycles. The summed E-state index contributed by atoms with van der Waals surface area (Å²) in [4.78, 5) is 0.